The third-order valence-electron chi connectivity index (χ3n) is 12.4. The summed E-state index contributed by atoms with van der Waals surface area (Å²) in [4.78, 5) is 15.9. The number of rotatable bonds is 9. The average molecular weight is 747 g/mol. The molecule has 2 aliphatic carbocycles. The molecule has 4 nitrogen and oxygen atoms in total. The van der Waals surface area contributed by atoms with Crippen LogP contribution >= 0.6 is 10.3 Å². The number of carbonyl (C=O) groups is 1. The molecule has 2 unspecified atom stereocenters. The number of fused-ring (bicyclic) bond motifs is 4. The van der Waals surface area contributed by atoms with E-state index in [0.29, 0.717) is 12.8 Å². The number of carbonyl (C=O) groups excluding carboxylic acids is 1. The van der Waals surface area contributed by atoms with Gasteiger partial charge in [0.15, 0.2) is 0 Å². The first-order chi connectivity index (χ1) is 26.1. The van der Waals surface area contributed by atoms with Crippen LogP contribution in [0.25, 0.3) is 43.8 Å². The smallest absolute Gasteiger partial charge is 0.278 e. The highest BCUT2D eigenvalue weighted by molar-refractivity contribution is 8.33. The summed E-state index contributed by atoms with van der Waals surface area (Å²) in [5.74, 6) is -0.0868. The molecular weight excluding hydrogens is 705 g/mol. The molecule has 2 aliphatic rings. The molecule has 7 aromatic carbocycles. The molecule has 2 atom stereocenters. The van der Waals surface area contributed by atoms with Crippen molar-refractivity contribution in [1.82, 2.24) is 0 Å². The Morgan fingerprint density at radius 1 is 0.574 bits per heavy atom. The van der Waals surface area contributed by atoms with Gasteiger partial charge in [-0.25, -0.2) is 3.63 Å². The van der Waals surface area contributed by atoms with Gasteiger partial charge in [-0.05, 0) is 115 Å². The second kappa shape index (κ2) is 13.1. The minimum Gasteiger partial charge on any atom is -0.299 e. The number of Topliss-reactive ketones (excluding diaryl/α,β-unsaturated/α-hetero) is 1. The van der Waals surface area contributed by atoms with Crippen LogP contribution in [0.5, 0.6) is 0 Å². The van der Waals surface area contributed by atoms with Crippen LogP contribution in [0.2, 0.25) is 0 Å². The molecule has 54 heavy (non-hydrogen) atoms. The zero-order valence-electron chi connectivity index (χ0n) is 30.4. The molecule has 0 amide bonds. The van der Waals surface area contributed by atoms with Gasteiger partial charge < -0.3 is 0 Å². The minimum absolute atomic E-state index is 0.0510. The number of hydrogen-bond acceptors (Lipinski definition) is 4. The topological polar surface area (TPSA) is 60.4 Å². The van der Waals surface area contributed by atoms with E-state index in [4.69, 9.17) is 3.63 Å². The van der Waals surface area contributed by atoms with Crippen LogP contribution in [0.3, 0.4) is 0 Å². The first-order valence-corrected chi connectivity index (χ1v) is 21.8. The van der Waals surface area contributed by atoms with Crippen LogP contribution in [-0.2, 0) is 18.5 Å². The molecule has 2 saturated carbocycles. The van der Waals surface area contributed by atoms with Crippen molar-refractivity contribution in [2.24, 2.45) is 16.7 Å². The van der Waals surface area contributed by atoms with E-state index in [-0.39, 0.29) is 17.5 Å². The lowest BCUT2D eigenvalue weighted by Crippen LogP contribution is -2.42. The van der Waals surface area contributed by atoms with Crippen molar-refractivity contribution in [3.05, 3.63) is 164 Å². The van der Waals surface area contributed by atoms with Crippen molar-refractivity contribution < 1.29 is 16.8 Å². The lowest BCUT2D eigenvalue weighted by atomic mass is 9.70. The molecule has 270 valence electrons. The highest BCUT2D eigenvalue weighted by Gasteiger charge is 2.65. The van der Waals surface area contributed by atoms with Crippen molar-refractivity contribution in [1.29, 1.82) is 0 Å². The van der Waals surface area contributed by atoms with Crippen LogP contribution in [0, 0.1) is 16.7 Å². The zero-order chi connectivity index (χ0) is 37.1. The third-order valence-corrected chi connectivity index (χ3v) is 17.7. The Balaban J connectivity index is 1.22. The van der Waals surface area contributed by atoms with Crippen molar-refractivity contribution in [2.45, 2.75) is 47.8 Å². The summed E-state index contributed by atoms with van der Waals surface area (Å²) in [6.07, 6.45) is 1.86. The molecule has 7 aromatic rings. The highest BCUT2D eigenvalue weighted by Crippen LogP contribution is 2.71. The van der Waals surface area contributed by atoms with Gasteiger partial charge in [0.2, 0.25) is 0 Å². The molecule has 0 aromatic heterocycles. The summed E-state index contributed by atoms with van der Waals surface area (Å²) in [7, 11) is -7.17. The summed E-state index contributed by atoms with van der Waals surface area (Å²) in [6.45, 7) is 4.14. The van der Waals surface area contributed by atoms with Gasteiger partial charge in [-0.15, -0.1) is 0 Å². The van der Waals surface area contributed by atoms with E-state index in [1.807, 2.05) is 78.9 Å². The molecular formula is C48H42O4S2. The second-order valence-electron chi connectivity index (χ2n) is 15.4. The van der Waals surface area contributed by atoms with E-state index >= 15 is 0 Å². The lowest BCUT2D eigenvalue weighted by molar-refractivity contribution is -0.128. The Hall–Kier alpha value is -5.01. The third kappa shape index (κ3) is 5.54. The Kier molecular flexibility index (Phi) is 8.42. The van der Waals surface area contributed by atoms with Gasteiger partial charge in [-0.3, -0.25) is 4.79 Å². The normalized spacial score (nSPS) is 19.7. The van der Waals surface area contributed by atoms with E-state index in [2.05, 4.69) is 98.8 Å². The van der Waals surface area contributed by atoms with Crippen molar-refractivity contribution in [3.8, 4) is 22.3 Å². The van der Waals surface area contributed by atoms with Crippen LogP contribution in [0.15, 0.2) is 178 Å². The summed E-state index contributed by atoms with van der Waals surface area (Å²) in [6, 6.07) is 55.4. The van der Waals surface area contributed by atoms with Crippen LogP contribution < -0.4 is 0 Å². The van der Waals surface area contributed by atoms with E-state index in [0.717, 1.165) is 64.9 Å². The largest absolute Gasteiger partial charge is 0.299 e. The maximum Gasteiger partial charge on any atom is 0.278 e. The van der Waals surface area contributed by atoms with Gasteiger partial charge in [0, 0.05) is 21.1 Å². The van der Waals surface area contributed by atoms with Gasteiger partial charge in [-0.1, -0.05) is 141 Å². The molecule has 0 heterocycles. The van der Waals surface area contributed by atoms with E-state index in [9.17, 15) is 13.2 Å². The molecule has 2 bridgehead atoms. The summed E-state index contributed by atoms with van der Waals surface area (Å²) in [5.41, 5.74) is 2.87. The monoisotopic (exact) mass is 746 g/mol. The molecule has 9 rings (SSSR count). The SMILES string of the molecule is CC1(C)C2CCC1(CS(=O)(=O)OS(c1ccccc1)(c1ccc(-c3cccc4ccccc34)cc1)c1ccc(-c3cccc4ccccc34)cc1)C(=O)C2. The van der Waals surface area contributed by atoms with Gasteiger partial charge >= 0.3 is 0 Å². The number of benzene rings is 7. The van der Waals surface area contributed by atoms with Crippen LogP contribution in [0.1, 0.15) is 33.1 Å². The minimum atomic E-state index is -4.28. The van der Waals surface area contributed by atoms with Crippen LogP contribution in [0.4, 0.5) is 0 Å². The maximum absolute atomic E-state index is 14.9. The molecule has 0 aliphatic heterocycles. The Labute approximate surface area is 319 Å². The van der Waals surface area contributed by atoms with Crippen LogP contribution in [-0.4, -0.2) is 20.0 Å². The lowest BCUT2D eigenvalue weighted by Gasteiger charge is -2.41. The highest BCUT2D eigenvalue weighted by atomic mass is 32.3. The van der Waals surface area contributed by atoms with E-state index in [1.165, 1.54) is 0 Å². The van der Waals surface area contributed by atoms with Gasteiger partial charge in [0.1, 0.15) is 5.78 Å². The van der Waals surface area contributed by atoms with Crippen molar-refractivity contribution >= 4 is 47.8 Å². The Morgan fingerprint density at radius 3 is 1.52 bits per heavy atom. The van der Waals surface area contributed by atoms with Crippen molar-refractivity contribution in [3.63, 3.8) is 0 Å². The van der Waals surface area contributed by atoms with E-state index < -0.39 is 31.3 Å². The first-order valence-electron chi connectivity index (χ1n) is 18.6. The molecule has 0 spiro atoms. The predicted molar refractivity (Wildman–Crippen MR) is 221 cm³/mol. The number of ketones is 1. The first kappa shape index (κ1) is 34.7. The Morgan fingerprint density at radius 2 is 1.04 bits per heavy atom. The zero-order valence-corrected chi connectivity index (χ0v) is 32.1. The maximum atomic E-state index is 14.9. The standard InChI is InChI=1S/C48H42O4S2/c1-47(2)38-30-31-48(47,46(49)32-38)33-53(50,51)52-54(39-16-4-3-5-17-39,40-26-22-36(23-27-40)44-20-10-14-34-12-6-8-18-42(34)44)41-28-24-37(25-29-41)45-21-11-15-35-13-7-9-19-43(35)45/h3-29,38H,30-33H2,1-2H3. The molecule has 0 N–H and O–H groups in total. The fourth-order valence-electron chi connectivity index (χ4n) is 9.33. The summed E-state index contributed by atoms with van der Waals surface area (Å²) < 4.78 is 36.6. The number of hydrogen-bond donors (Lipinski definition) is 0. The fraction of sp³-hybridized carbons (Fsp3) is 0.188. The average Bonchev–Trinajstić information content (AvgIpc) is 3.54. The van der Waals surface area contributed by atoms with Crippen molar-refractivity contribution in [2.75, 3.05) is 5.75 Å². The quantitative estimate of drug-likeness (QED) is 0.148. The van der Waals surface area contributed by atoms with Gasteiger partial charge in [-0.2, -0.15) is 8.42 Å². The molecule has 0 saturated heterocycles. The molecule has 6 heteroatoms. The predicted octanol–water partition coefficient (Wildman–Crippen LogP) is 12.3. The second-order valence-corrected chi connectivity index (χ2v) is 19.9. The van der Waals surface area contributed by atoms with Gasteiger partial charge in [0.05, 0.1) is 11.2 Å². The van der Waals surface area contributed by atoms with Gasteiger partial charge in [0.25, 0.3) is 10.1 Å². The Bertz CT molecular complexity index is 2520. The van der Waals surface area contributed by atoms with E-state index in [1.54, 1.807) is 0 Å². The summed E-state index contributed by atoms with van der Waals surface area (Å²) >= 11 is 0. The fourth-order valence-corrected chi connectivity index (χ4v) is 15.4. The molecule has 2 fully saturated rings. The summed E-state index contributed by atoms with van der Waals surface area (Å²) in [5, 5.41) is 4.61. The molecule has 0 radical (unpaired) electrons.